The third-order valence-corrected chi connectivity index (χ3v) is 4.04. The molecule has 2 nitrogen and oxygen atoms in total. The Morgan fingerprint density at radius 1 is 1.21 bits per heavy atom. The first kappa shape index (κ1) is 16.8. The molecule has 0 amide bonds. The highest BCUT2D eigenvalue weighted by Crippen LogP contribution is 2.34. The van der Waals surface area contributed by atoms with Gasteiger partial charge >= 0.3 is 6.18 Å². The molecule has 1 aliphatic carbocycles. The Morgan fingerprint density at radius 2 is 1.89 bits per heavy atom. The van der Waals surface area contributed by atoms with Gasteiger partial charge in [0.1, 0.15) is 6.61 Å². The minimum Gasteiger partial charge on any atom is -0.370 e. The highest BCUT2D eigenvalue weighted by Gasteiger charge is 2.32. The normalized spacial score (nSPS) is 26.4. The number of ether oxygens (including phenoxy) is 1. The molecule has 5 heteroatoms. The molecule has 0 spiro atoms. The van der Waals surface area contributed by atoms with Gasteiger partial charge in [0.2, 0.25) is 0 Å². The van der Waals surface area contributed by atoms with Crippen molar-refractivity contribution < 1.29 is 17.9 Å². The van der Waals surface area contributed by atoms with Crippen molar-refractivity contribution in [1.82, 2.24) is 5.32 Å². The third-order valence-electron chi connectivity index (χ3n) is 4.04. The van der Waals surface area contributed by atoms with E-state index in [2.05, 4.69) is 12.2 Å². The highest BCUT2D eigenvalue weighted by molar-refractivity contribution is 4.84. The number of likely N-dealkylation sites (N-methyl/N-ethyl adjacent to an activating group) is 1. The van der Waals surface area contributed by atoms with Crippen LogP contribution in [0.25, 0.3) is 0 Å². The van der Waals surface area contributed by atoms with E-state index in [0.29, 0.717) is 11.8 Å². The monoisotopic (exact) mass is 281 g/mol. The van der Waals surface area contributed by atoms with E-state index in [1.807, 2.05) is 6.92 Å². The second kappa shape index (κ2) is 8.10. The highest BCUT2D eigenvalue weighted by atomic mass is 19.4. The van der Waals surface area contributed by atoms with Crippen molar-refractivity contribution in [3.63, 3.8) is 0 Å². The lowest BCUT2D eigenvalue weighted by Crippen LogP contribution is -2.44. The fourth-order valence-electron chi connectivity index (χ4n) is 3.17. The summed E-state index contributed by atoms with van der Waals surface area (Å²) in [5.74, 6) is 1.07. The largest absolute Gasteiger partial charge is 0.411 e. The standard InChI is InChI=1S/C14H26F3NO/c1-3-11-7-5-6-8-12(11)13(18-4-2)9-19-10-14(15,16)17/h11-13,18H,3-10H2,1-2H3. The molecule has 1 rings (SSSR count). The van der Waals surface area contributed by atoms with Crippen LogP contribution < -0.4 is 5.32 Å². The quantitative estimate of drug-likeness (QED) is 0.767. The Labute approximate surface area is 114 Å². The first-order valence-electron chi connectivity index (χ1n) is 7.35. The van der Waals surface area contributed by atoms with E-state index in [4.69, 9.17) is 4.74 Å². The van der Waals surface area contributed by atoms with Gasteiger partial charge in [0, 0.05) is 6.04 Å². The van der Waals surface area contributed by atoms with Crippen LogP contribution in [0.4, 0.5) is 13.2 Å². The van der Waals surface area contributed by atoms with Crippen molar-refractivity contribution in [2.45, 2.75) is 58.2 Å². The second-order valence-corrected chi connectivity index (χ2v) is 5.41. The molecule has 1 N–H and O–H groups in total. The fraction of sp³-hybridized carbons (Fsp3) is 1.00. The molecule has 0 radical (unpaired) electrons. The molecule has 114 valence electrons. The van der Waals surface area contributed by atoms with Crippen LogP contribution in [0.3, 0.4) is 0 Å². The molecule has 0 aliphatic heterocycles. The average Bonchev–Trinajstić information content (AvgIpc) is 2.36. The molecule has 0 saturated heterocycles. The molecule has 1 fully saturated rings. The maximum atomic E-state index is 12.1. The predicted molar refractivity (Wildman–Crippen MR) is 70.1 cm³/mol. The Hall–Kier alpha value is -0.290. The van der Waals surface area contributed by atoms with Crippen molar-refractivity contribution in [1.29, 1.82) is 0 Å². The topological polar surface area (TPSA) is 21.3 Å². The molecule has 0 aromatic heterocycles. The van der Waals surface area contributed by atoms with Gasteiger partial charge in [0.25, 0.3) is 0 Å². The molecule has 0 bridgehead atoms. The van der Waals surface area contributed by atoms with Crippen LogP contribution in [0.5, 0.6) is 0 Å². The smallest absolute Gasteiger partial charge is 0.370 e. The Bertz CT molecular complexity index is 245. The molecule has 0 heterocycles. The van der Waals surface area contributed by atoms with Gasteiger partial charge in [-0.1, -0.05) is 39.5 Å². The van der Waals surface area contributed by atoms with E-state index < -0.39 is 12.8 Å². The van der Waals surface area contributed by atoms with Gasteiger partial charge in [-0.15, -0.1) is 0 Å². The van der Waals surface area contributed by atoms with Crippen molar-refractivity contribution in [2.75, 3.05) is 19.8 Å². The van der Waals surface area contributed by atoms with Gasteiger partial charge in [-0.25, -0.2) is 0 Å². The van der Waals surface area contributed by atoms with E-state index >= 15 is 0 Å². The lowest BCUT2D eigenvalue weighted by Gasteiger charge is -2.37. The van der Waals surface area contributed by atoms with Crippen LogP contribution in [0.1, 0.15) is 46.0 Å². The molecule has 3 unspecified atom stereocenters. The number of halogens is 3. The third kappa shape index (κ3) is 6.13. The molecule has 1 aliphatic rings. The Kier molecular flexibility index (Phi) is 7.15. The predicted octanol–water partition coefficient (Wildman–Crippen LogP) is 3.76. The van der Waals surface area contributed by atoms with Gasteiger partial charge in [-0.05, 0) is 24.8 Å². The van der Waals surface area contributed by atoms with Gasteiger partial charge in [-0.3, -0.25) is 0 Å². The molecule has 3 atom stereocenters. The van der Waals surface area contributed by atoms with E-state index in [-0.39, 0.29) is 12.6 Å². The van der Waals surface area contributed by atoms with E-state index in [1.54, 1.807) is 0 Å². The first-order valence-corrected chi connectivity index (χ1v) is 7.35. The zero-order valence-electron chi connectivity index (χ0n) is 11.9. The summed E-state index contributed by atoms with van der Waals surface area (Å²) in [7, 11) is 0. The number of rotatable bonds is 7. The summed E-state index contributed by atoms with van der Waals surface area (Å²) < 4.78 is 41.3. The molecular weight excluding hydrogens is 255 g/mol. The lowest BCUT2D eigenvalue weighted by molar-refractivity contribution is -0.176. The van der Waals surface area contributed by atoms with Crippen molar-refractivity contribution in [3.05, 3.63) is 0 Å². The minimum atomic E-state index is -4.23. The van der Waals surface area contributed by atoms with Crippen molar-refractivity contribution in [2.24, 2.45) is 11.8 Å². The van der Waals surface area contributed by atoms with Gasteiger partial charge < -0.3 is 10.1 Å². The summed E-state index contributed by atoms with van der Waals surface area (Å²) in [6.45, 7) is 3.95. The fourth-order valence-corrected chi connectivity index (χ4v) is 3.17. The van der Waals surface area contributed by atoms with Crippen LogP contribution >= 0.6 is 0 Å². The van der Waals surface area contributed by atoms with Crippen LogP contribution in [0.2, 0.25) is 0 Å². The van der Waals surface area contributed by atoms with Crippen LogP contribution in [0.15, 0.2) is 0 Å². The maximum Gasteiger partial charge on any atom is 0.411 e. The zero-order chi connectivity index (χ0) is 14.3. The summed E-state index contributed by atoms with van der Waals surface area (Å²) >= 11 is 0. The number of nitrogens with one attached hydrogen (secondary N) is 1. The Morgan fingerprint density at radius 3 is 2.47 bits per heavy atom. The van der Waals surface area contributed by atoms with Gasteiger partial charge in [0.15, 0.2) is 0 Å². The maximum absolute atomic E-state index is 12.1. The van der Waals surface area contributed by atoms with E-state index in [9.17, 15) is 13.2 Å². The minimum absolute atomic E-state index is 0.0533. The summed E-state index contributed by atoms with van der Waals surface area (Å²) in [6, 6.07) is 0.0533. The number of hydrogen-bond donors (Lipinski definition) is 1. The molecule has 1 saturated carbocycles. The molecule has 19 heavy (non-hydrogen) atoms. The Balaban J connectivity index is 2.49. The molecule has 0 aromatic rings. The first-order chi connectivity index (χ1) is 8.98. The lowest BCUT2D eigenvalue weighted by atomic mass is 9.74. The zero-order valence-corrected chi connectivity index (χ0v) is 11.9. The average molecular weight is 281 g/mol. The second-order valence-electron chi connectivity index (χ2n) is 5.41. The number of hydrogen-bond acceptors (Lipinski definition) is 2. The summed E-state index contributed by atoms with van der Waals surface area (Å²) in [6.07, 6.45) is 1.60. The summed E-state index contributed by atoms with van der Waals surface area (Å²) in [5.41, 5.74) is 0. The van der Waals surface area contributed by atoms with Gasteiger partial charge in [-0.2, -0.15) is 13.2 Å². The molecule has 0 aromatic carbocycles. The van der Waals surface area contributed by atoms with E-state index in [0.717, 1.165) is 19.4 Å². The van der Waals surface area contributed by atoms with Crippen molar-refractivity contribution in [3.8, 4) is 0 Å². The van der Waals surface area contributed by atoms with Gasteiger partial charge in [0.05, 0.1) is 6.61 Å². The van der Waals surface area contributed by atoms with Crippen LogP contribution in [0, 0.1) is 11.8 Å². The summed E-state index contributed by atoms with van der Waals surface area (Å²) in [5, 5.41) is 3.31. The number of alkyl halides is 3. The SMILES string of the molecule is CCNC(COCC(F)(F)F)C1CCCCC1CC. The van der Waals surface area contributed by atoms with Crippen molar-refractivity contribution >= 4 is 0 Å². The van der Waals surface area contributed by atoms with Crippen LogP contribution in [-0.4, -0.2) is 32.0 Å². The van der Waals surface area contributed by atoms with Crippen LogP contribution in [-0.2, 0) is 4.74 Å². The van der Waals surface area contributed by atoms with E-state index in [1.165, 1.54) is 19.3 Å². The molecular formula is C14H26F3NO. The summed E-state index contributed by atoms with van der Waals surface area (Å²) in [4.78, 5) is 0.